The highest BCUT2D eigenvalue weighted by molar-refractivity contribution is 5.36. The summed E-state index contributed by atoms with van der Waals surface area (Å²) in [6, 6.07) is 6.85. The van der Waals surface area contributed by atoms with E-state index in [9.17, 15) is 4.39 Å². The van der Waals surface area contributed by atoms with Crippen LogP contribution in [0.4, 0.5) is 4.39 Å². The van der Waals surface area contributed by atoms with Crippen LogP contribution in [0.15, 0.2) is 24.3 Å². The highest BCUT2D eigenvalue weighted by Crippen LogP contribution is 2.27. The Balaban J connectivity index is 0.00000156. The SMILES string of the molecule is N=c1c2c(n(Cc3ccc(F)cc3)c3c1CCC3)CCCC2.[Cl-]. The van der Waals surface area contributed by atoms with E-state index in [-0.39, 0.29) is 18.2 Å². The highest BCUT2D eigenvalue weighted by Gasteiger charge is 2.24. The van der Waals surface area contributed by atoms with E-state index in [1.807, 2.05) is 12.1 Å². The molecule has 2 nitrogen and oxygen atoms in total. The van der Waals surface area contributed by atoms with Gasteiger partial charge in [-0.3, -0.25) is 0 Å². The Morgan fingerprint density at radius 2 is 1.43 bits per heavy atom. The number of nitrogens with zero attached hydrogens (tertiary/aromatic N) is 1. The summed E-state index contributed by atoms with van der Waals surface area (Å²) >= 11 is 0. The summed E-state index contributed by atoms with van der Waals surface area (Å²) in [4.78, 5) is 0. The van der Waals surface area contributed by atoms with Crippen molar-refractivity contribution in [2.75, 3.05) is 0 Å². The summed E-state index contributed by atoms with van der Waals surface area (Å²) in [5, 5.41) is 9.36. The maximum absolute atomic E-state index is 13.1. The number of hydrogen-bond acceptors (Lipinski definition) is 1. The van der Waals surface area contributed by atoms with Gasteiger partial charge in [-0.25, -0.2) is 4.39 Å². The van der Waals surface area contributed by atoms with E-state index in [2.05, 4.69) is 4.57 Å². The fourth-order valence-electron chi connectivity index (χ4n) is 4.06. The van der Waals surface area contributed by atoms with Crippen LogP contribution in [0.25, 0.3) is 0 Å². The second kappa shape index (κ2) is 6.48. The van der Waals surface area contributed by atoms with E-state index < -0.39 is 0 Å². The third-order valence-corrected chi connectivity index (χ3v) is 5.14. The van der Waals surface area contributed by atoms with Crippen LogP contribution in [0.1, 0.15) is 47.3 Å². The van der Waals surface area contributed by atoms with Gasteiger partial charge in [0, 0.05) is 17.9 Å². The summed E-state index contributed by atoms with van der Waals surface area (Å²) < 4.78 is 15.6. The molecule has 4 rings (SSSR count). The average molecular weight is 332 g/mol. The molecule has 23 heavy (non-hydrogen) atoms. The fourth-order valence-corrected chi connectivity index (χ4v) is 4.06. The van der Waals surface area contributed by atoms with Gasteiger partial charge >= 0.3 is 0 Å². The second-order valence-electron chi connectivity index (χ2n) is 6.50. The molecule has 0 saturated carbocycles. The zero-order valence-corrected chi connectivity index (χ0v) is 13.9. The van der Waals surface area contributed by atoms with Crippen LogP contribution >= 0.6 is 0 Å². The molecular weight excluding hydrogens is 311 g/mol. The lowest BCUT2D eigenvalue weighted by Gasteiger charge is -2.26. The summed E-state index contributed by atoms with van der Waals surface area (Å²) in [5.74, 6) is -0.178. The van der Waals surface area contributed by atoms with Crippen molar-refractivity contribution in [3.05, 3.63) is 63.5 Å². The summed E-state index contributed by atoms with van der Waals surface area (Å²) in [6.45, 7) is 0.811. The van der Waals surface area contributed by atoms with Crippen molar-refractivity contribution in [1.29, 1.82) is 5.41 Å². The Labute approximate surface area is 142 Å². The Morgan fingerprint density at radius 1 is 0.870 bits per heavy atom. The van der Waals surface area contributed by atoms with Gasteiger partial charge in [-0.2, -0.15) is 0 Å². The van der Waals surface area contributed by atoms with Crippen LogP contribution in [0, 0.1) is 11.2 Å². The van der Waals surface area contributed by atoms with Gasteiger partial charge in [0.1, 0.15) is 5.82 Å². The van der Waals surface area contributed by atoms with Crippen molar-refractivity contribution in [2.45, 2.75) is 51.5 Å². The Kier molecular flexibility index (Phi) is 4.58. The quantitative estimate of drug-likeness (QED) is 0.831. The molecule has 0 unspecified atom stereocenters. The van der Waals surface area contributed by atoms with Crippen LogP contribution in [-0.4, -0.2) is 4.57 Å². The molecule has 0 amide bonds. The van der Waals surface area contributed by atoms with Gasteiger partial charge in [0.15, 0.2) is 0 Å². The van der Waals surface area contributed by atoms with E-state index >= 15 is 0 Å². The first-order valence-electron chi connectivity index (χ1n) is 8.29. The van der Waals surface area contributed by atoms with Gasteiger partial charge in [-0.05, 0) is 73.8 Å². The number of hydrogen-bond donors (Lipinski definition) is 1. The van der Waals surface area contributed by atoms with Gasteiger partial charge in [-0.1, -0.05) is 12.1 Å². The summed E-state index contributed by atoms with van der Waals surface area (Å²) in [6.07, 6.45) is 7.83. The van der Waals surface area contributed by atoms with Gasteiger partial charge in [-0.15, -0.1) is 0 Å². The van der Waals surface area contributed by atoms with Crippen LogP contribution in [0.5, 0.6) is 0 Å². The lowest BCUT2D eigenvalue weighted by molar-refractivity contribution is -0.00000532. The van der Waals surface area contributed by atoms with Crippen molar-refractivity contribution in [3.8, 4) is 0 Å². The number of fused-ring (bicyclic) bond motifs is 2. The third-order valence-electron chi connectivity index (χ3n) is 5.14. The molecule has 4 heteroatoms. The second-order valence-corrected chi connectivity index (χ2v) is 6.50. The standard InChI is InChI=1S/C19H21FN2.ClH/c20-14-10-8-13(9-11-14)12-22-17-6-2-1-4-15(17)19(21)16-5-3-7-18(16)22;/h8-11,21H,1-7,12H2;1H/p-1. The summed E-state index contributed by atoms with van der Waals surface area (Å²) in [5.41, 5.74) is 6.40. The Morgan fingerprint density at radius 3 is 2.13 bits per heavy atom. The Hall–Kier alpha value is -1.61. The fraction of sp³-hybridized carbons (Fsp3) is 0.421. The minimum atomic E-state index is -0.178. The van der Waals surface area contributed by atoms with Crippen molar-refractivity contribution in [1.82, 2.24) is 4.57 Å². The van der Waals surface area contributed by atoms with E-state index in [4.69, 9.17) is 5.41 Å². The molecule has 0 spiro atoms. The van der Waals surface area contributed by atoms with E-state index in [1.165, 1.54) is 35.4 Å². The lowest BCUT2D eigenvalue weighted by Crippen LogP contribution is -3.00. The maximum Gasteiger partial charge on any atom is 0.123 e. The van der Waals surface area contributed by atoms with Crippen LogP contribution in [0.2, 0.25) is 0 Å². The van der Waals surface area contributed by atoms with E-state index in [1.54, 1.807) is 12.1 Å². The summed E-state index contributed by atoms with van der Waals surface area (Å²) in [7, 11) is 0. The molecule has 1 aromatic heterocycles. The maximum atomic E-state index is 13.1. The predicted molar refractivity (Wildman–Crippen MR) is 84.5 cm³/mol. The molecule has 2 aliphatic carbocycles. The largest absolute Gasteiger partial charge is 1.00 e. The van der Waals surface area contributed by atoms with Crippen LogP contribution < -0.4 is 17.8 Å². The molecule has 0 saturated heterocycles. The molecule has 2 aliphatic rings. The molecule has 0 fully saturated rings. The molecule has 0 radical (unpaired) electrons. The van der Waals surface area contributed by atoms with Gasteiger partial charge in [0.05, 0.1) is 5.36 Å². The molecule has 1 heterocycles. The predicted octanol–water partition coefficient (Wildman–Crippen LogP) is 0.526. The van der Waals surface area contributed by atoms with Crippen molar-refractivity contribution in [3.63, 3.8) is 0 Å². The third kappa shape index (κ3) is 2.83. The zero-order chi connectivity index (χ0) is 15.1. The molecule has 0 bridgehead atoms. The van der Waals surface area contributed by atoms with Crippen molar-refractivity contribution in [2.24, 2.45) is 0 Å². The number of aromatic nitrogens is 1. The molecule has 122 valence electrons. The van der Waals surface area contributed by atoms with E-state index in [0.29, 0.717) is 0 Å². The molecule has 0 aliphatic heterocycles. The lowest BCUT2D eigenvalue weighted by atomic mass is 9.92. The minimum Gasteiger partial charge on any atom is -1.00 e. The van der Waals surface area contributed by atoms with E-state index in [0.717, 1.165) is 49.6 Å². The normalized spacial score (nSPS) is 15.7. The van der Waals surface area contributed by atoms with Crippen molar-refractivity contribution >= 4 is 0 Å². The number of halogens is 2. The topological polar surface area (TPSA) is 28.8 Å². The smallest absolute Gasteiger partial charge is 0.123 e. The molecule has 2 aromatic rings. The minimum absolute atomic E-state index is 0. The van der Waals surface area contributed by atoms with Gasteiger partial charge in [0.25, 0.3) is 0 Å². The average Bonchev–Trinajstić information content (AvgIpc) is 3.03. The number of nitrogens with one attached hydrogen (secondary N) is 1. The molecule has 1 N–H and O–H groups in total. The van der Waals surface area contributed by atoms with Crippen molar-refractivity contribution < 1.29 is 16.8 Å². The van der Waals surface area contributed by atoms with Crippen LogP contribution in [0.3, 0.4) is 0 Å². The molecule has 0 atom stereocenters. The monoisotopic (exact) mass is 331 g/mol. The Bertz CT molecular complexity index is 777. The number of pyridine rings is 1. The number of rotatable bonds is 2. The van der Waals surface area contributed by atoms with Gasteiger partial charge < -0.3 is 22.4 Å². The first-order valence-corrected chi connectivity index (χ1v) is 8.29. The first-order chi connectivity index (χ1) is 10.7. The van der Waals surface area contributed by atoms with Gasteiger partial charge in [0.2, 0.25) is 0 Å². The zero-order valence-electron chi connectivity index (χ0n) is 13.2. The molecular formula is C19H21ClFN2-. The first kappa shape index (κ1) is 16.3. The van der Waals surface area contributed by atoms with Crippen LogP contribution in [-0.2, 0) is 32.2 Å². The highest BCUT2D eigenvalue weighted by atomic mass is 35.5. The number of benzene rings is 1. The molecule has 1 aromatic carbocycles.